The van der Waals surface area contributed by atoms with Gasteiger partial charge in [-0.15, -0.1) is 0 Å². The molecule has 0 heterocycles. The molecule has 0 N–H and O–H groups in total. The van der Waals surface area contributed by atoms with Gasteiger partial charge >= 0.3 is 0 Å². The smallest absolute Gasteiger partial charge is 0.182 e. The van der Waals surface area contributed by atoms with Crippen LogP contribution in [0.4, 0.5) is 5.69 Å². The predicted octanol–water partition coefficient (Wildman–Crippen LogP) is 3.62. The van der Waals surface area contributed by atoms with Crippen molar-refractivity contribution in [2.45, 2.75) is 13.8 Å². The lowest BCUT2D eigenvalue weighted by Crippen LogP contribution is -2.25. The monoisotopic (exact) mass is 253 g/mol. The minimum Gasteiger partial charge on any atom is -0.367 e. The zero-order valence-corrected chi connectivity index (χ0v) is 11.7. The number of ketones is 1. The van der Waals surface area contributed by atoms with Crippen molar-refractivity contribution in [3.63, 3.8) is 0 Å². The predicted molar refractivity (Wildman–Crippen MR) is 80.0 cm³/mol. The molecule has 0 spiro atoms. The SMILES string of the molecule is Cc1ccc(C(=O)CN(C)c2ccc(C)cc2)cc1. The first-order valence-electron chi connectivity index (χ1n) is 6.44. The third kappa shape index (κ3) is 3.44. The fourth-order valence-corrected chi connectivity index (χ4v) is 1.94. The molecule has 0 aliphatic rings. The summed E-state index contributed by atoms with van der Waals surface area (Å²) in [6, 6.07) is 15.9. The van der Waals surface area contributed by atoms with Crippen LogP contribution >= 0.6 is 0 Å². The van der Waals surface area contributed by atoms with E-state index in [1.165, 1.54) is 11.1 Å². The van der Waals surface area contributed by atoms with E-state index in [1.807, 2.05) is 55.3 Å². The summed E-state index contributed by atoms with van der Waals surface area (Å²) in [5.41, 5.74) is 4.22. The van der Waals surface area contributed by atoms with Crippen molar-refractivity contribution in [3.05, 3.63) is 65.2 Å². The van der Waals surface area contributed by atoms with Crippen LogP contribution in [0.1, 0.15) is 21.5 Å². The van der Waals surface area contributed by atoms with Crippen molar-refractivity contribution in [2.75, 3.05) is 18.5 Å². The zero-order valence-electron chi connectivity index (χ0n) is 11.7. The number of benzene rings is 2. The normalized spacial score (nSPS) is 10.3. The summed E-state index contributed by atoms with van der Waals surface area (Å²) in [4.78, 5) is 14.1. The third-order valence-corrected chi connectivity index (χ3v) is 3.23. The van der Waals surface area contributed by atoms with E-state index in [0.29, 0.717) is 6.54 Å². The molecule has 0 saturated heterocycles. The van der Waals surface area contributed by atoms with Crippen LogP contribution in [0, 0.1) is 13.8 Å². The Morgan fingerprint density at radius 2 is 1.37 bits per heavy atom. The van der Waals surface area contributed by atoms with Gasteiger partial charge in [-0.1, -0.05) is 47.5 Å². The van der Waals surface area contributed by atoms with Crippen molar-refractivity contribution < 1.29 is 4.79 Å². The summed E-state index contributed by atoms with van der Waals surface area (Å²) in [5.74, 6) is 0.142. The summed E-state index contributed by atoms with van der Waals surface area (Å²) in [5, 5.41) is 0. The Morgan fingerprint density at radius 3 is 1.89 bits per heavy atom. The fraction of sp³-hybridized carbons (Fsp3) is 0.235. The average molecular weight is 253 g/mol. The van der Waals surface area contributed by atoms with E-state index in [1.54, 1.807) is 0 Å². The number of carbonyl (C=O) groups excluding carboxylic acids is 1. The Kier molecular flexibility index (Phi) is 4.00. The lowest BCUT2D eigenvalue weighted by molar-refractivity contribution is 0.100. The van der Waals surface area contributed by atoms with Crippen LogP contribution in [0.15, 0.2) is 48.5 Å². The fourth-order valence-electron chi connectivity index (χ4n) is 1.94. The van der Waals surface area contributed by atoms with Gasteiger partial charge in [0.2, 0.25) is 0 Å². The van der Waals surface area contributed by atoms with Gasteiger partial charge in [-0.2, -0.15) is 0 Å². The molecule has 0 aliphatic carbocycles. The Balaban J connectivity index is 2.06. The van der Waals surface area contributed by atoms with E-state index < -0.39 is 0 Å². The summed E-state index contributed by atoms with van der Waals surface area (Å²) < 4.78 is 0. The molecule has 2 heteroatoms. The second-order valence-corrected chi connectivity index (χ2v) is 4.98. The van der Waals surface area contributed by atoms with Gasteiger partial charge in [0, 0.05) is 18.3 Å². The number of rotatable bonds is 4. The Bertz CT molecular complexity index is 555. The highest BCUT2D eigenvalue weighted by atomic mass is 16.1. The van der Waals surface area contributed by atoms with Crippen LogP contribution in [-0.4, -0.2) is 19.4 Å². The minimum absolute atomic E-state index is 0.142. The first kappa shape index (κ1) is 13.3. The molecule has 2 rings (SSSR count). The highest BCUT2D eigenvalue weighted by molar-refractivity contribution is 5.99. The number of Topliss-reactive ketones (excluding diaryl/α,β-unsaturated/α-hetero) is 1. The molecule has 0 bridgehead atoms. The highest BCUT2D eigenvalue weighted by Gasteiger charge is 2.09. The van der Waals surface area contributed by atoms with E-state index in [2.05, 4.69) is 19.1 Å². The topological polar surface area (TPSA) is 20.3 Å². The van der Waals surface area contributed by atoms with Crippen LogP contribution in [0.2, 0.25) is 0 Å². The number of hydrogen-bond donors (Lipinski definition) is 0. The van der Waals surface area contributed by atoms with Gasteiger partial charge < -0.3 is 4.90 Å². The molecule has 2 nitrogen and oxygen atoms in total. The first-order chi connectivity index (χ1) is 9.06. The van der Waals surface area contributed by atoms with Crippen LogP contribution < -0.4 is 4.90 Å². The van der Waals surface area contributed by atoms with Crippen LogP contribution in [-0.2, 0) is 0 Å². The maximum atomic E-state index is 12.2. The second kappa shape index (κ2) is 5.70. The van der Waals surface area contributed by atoms with Crippen LogP contribution in [0.25, 0.3) is 0 Å². The average Bonchev–Trinajstić information content (AvgIpc) is 2.40. The van der Waals surface area contributed by atoms with E-state index in [9.17, 15) is 4.79 Å². The van der Waals surface area contributed by atoms with Gasteiger partial charge in [0.1, 0.15) is 0 Å². The summed E-state index contributed by atoms with van der Waals surface area (Å²) in [6.07, 6.45) is 0. The van der Waals surface area contributed by atoms with Gasteiger partial charge in [-0.05, 0) is 26.0 Å². The zero-order chi connectivity index (χ0) is 13.8. The van der Waals surface area contributed by atoms with Crippen LogP contribution in [0.3, 0.4) is 0 Å². The molecule has 0 unspecified atom stereocenters. The molecule has 2 aromatic rings. The van der Waals surface area contributed by atoms with Gasteiger partial charge in [0.25, 0.3) is 0 Å². The maximum Gasteiger partial charge on any atom is 0.182 e. The Hall–Kier alpha value is -2.09. The second-order valence-electron chi connectivity index (χ2n) is 4.98. The van der Waals surface area contributed by atoms with E-state index in [-0.39, 0.29) is 5.78 Å². The van der Waals surface area contributed by atoms with Gasteiger partial charge in [0.15, 0.2) is 5.78 Å². The number of likely N-dealkylation sites (N-methyl/N-ethyl adjacent to an activating group) is 1. The van der Waals surface area contributed by atoms with Crippen molar-refractivity contribution in [2.24, 2.45) is 0 Å². The molecule has 0 aliphatic heterocycles. The number of nitrogens with zero attached hydrogens (tertiary/aromatic N) is 1. The largest absolute Gasteiger partial charge is 0.367 e. The number of aryl methyl sites for hydroxylation is 2. The standard InChI is InChI=1S/C17H19NO/c1-13-4-8-15(9-5-13)17(19)12-18(3)16-10-6-14(2)7-11-16/h4-11H,12H2,1-3H3. The molecule has 0 radical (unpaired) electrons. The molecule has 0 fully saturated rings. The highest BCUT2D eigenvalue weighted by Crippen LogP contribution is 2.14. The molecule has 0 saturated carbocycles. The summed E-state index contributed by atoms with van der Waals surface area (Å²) in [7, 11) is 1.94. The van der Waals surface area contributed by atoms with Gasteiger partial charge in [-0.3, -0.25) is 4.79 Å². The van der Waals surface area contributed by atoms with E-state index in [0.717, 1.165) is 11.3 Å². The lowest BCUT2D eigenvalue weighted by atomic mass is 10.1. The molecule has 2 aromatic carbocycles. The summed E-state index contributed by atoms with van der Waals surface area (Å²) in [6.45, 7) is 4.47. The number of anilines is 1. The number of carbonyl (C=O) groups is 1. The molecule has 0 aromatic heterocycles. The lowest BCUT2D eigenvalue weighted by Gasteiger charge is -2.18. The van der Waals surface area contributed by atoms with Crippen molar-refractivity contribution in [1.29, 1.82) is 0 Å². The molecule has 19 heavy (non-hydrogen) atoms. The quantitative estimate of drug-likeness (QED) is 0.776. The van der Waals surface area contributed by atoms with E-state index in [4.69, 9.17) is 0 Å². The molecular formula is C17H19NO. The maximum absolute atomic E-state index is 12.2. The van der Waals surface area contributed by atoms with Crippen LogP contribution in [0.5, 0.6) is 0 Å². The minimum atomic E-state index is 0.142. The molecule has 98 valence electrons. The van der Waals surface area contributed by atoms with Crippen molar-refractivity contribution >= 4 is 11.5 Å². The third-order valence-electron chi connectivity index (χ3n) is 3.23. The Morgan fingerprint density at radius 1 is 0.895 bits per heavy atom. The molecule has 0 amide bonds. The van der Waals surface area contributed by atoms with Gasteiger partial charge in [-0.25, -0.2) is 0 Å². The Labute approximate surface area is 114 Å². The van der Waals surface area contributed by atoms with Crippen molar-refractivity contribution in [3.8, 4) is 0 Å². The van der Waals surface area contributed by atoms with Gasteiger partial charge in [0.05, 0.1) is 6.54 Å². The van der Waals surface area contributed by atoms with Crippen molar-refractivity contribution in [1.82, 2.24) is 0 Å². The summed E-state index contributed by atoms with van der Waals surface area (Å²) >= 11 is 0. The number of hydrogen-bond acceptors (Lipinski definition) is 2. The molecular weight excluding hydrogens is 234 g/mol. The molecule has 0 atom stereocenters. The first-order valence-corrected chi connectivity index (χ1v) is 6.44. The van der Waals surface area contributed by atoms with E-state index >= 15 is 0 Å².